The van der Waals surface area contributed by atoms with E-state index in [0.717, 1.165) is 38.0 Å². The minimum atomic E-state index is -0.152. The summed E-state index contributed by atoms with van der Waals surface area (Å²) < 4.78 is 0. The van der Waals surface area contributed by atoms with Gasteiger partial charge in [-0.2, -0.15) is 5.26 Å². The molecule has 0 aliphatic carbocycles. The van der Waals surface area contributed by atoms with Gasteiger partial charge in [0.15, 0.2) is 6.19 Å². The van der Waals surface area contributed by atoms with Gasteiger partial charge in [-0.05, 0) is 50.3 Å². The lowest BCUT2D eigenvalue weighted by Gasteiger charge is -2.25. The second kappa shape index (κ2) is 8.18. The summed E-state index contributed by atoms with van der Waals surface area (Å²) in [5, 5.41) is 13.1. The van der Waals surface area contributed by atoms with Crippen LogP contribution in [0, 0.1) is 11.5 Å². The fraction of sp³-hybridized carbons (Fsp3) is 0.600. The first-order chi connectivity index (χ1) is 12.6. The average molecular weight is 375 g/mol. The third-order valence-electron chi connectivity index (χ3n) is 5.73. The van der Waals surface area contributed by atoms with Crippen LogP contribution in [0.1, 0.15) is 56.3 Å². The first-order valence-electron chi connectivity index (χ1n) is 9.62. The minimum absolute atomic E-state index is 0.0218. The largest absolute Gasteiger partial charge is 0.371 e. The normalized spacial score (nSPS) is 25.4. The van der Waals surface area contributed by atoms with Gasteiger partial charge in [0, 0.05) is 24.8 Å². The molecular weight excluding hydrogens is 348 g/mol. The lowest BCUT2D eigenvalue weighted by Crippen LogP contribution is -2.43. The molecule has 1 aromatic carbocycles. The molecule has 1 aromatic rings. The first kappa shape index (κ1) is 18.8. The van der Waals surface area contributed by atoms with Crippen LogP contribution in [0.5, 0.6) is 0 Å². The Kier molecular flexibility index (Phi) is 5.93. The molecule has 0 bridgehead atoms. The molecule has 6 heteroatoms. The Morgan fingerprint density at radius 1 is 1.31 bits per heavy atom. The summed E-state index contributed by atoms with van der Waals surface area (Å²) >= 11 is 6.42. The van der Waals surface area contributed by atoms with E-state index in [-0.39, 0.29) is 24.0 Å². The Balaban J connectivity index is 1.72. The number of amides is 1. The molecule has 0 unspecified atom stereocenters. The molecule has 2 fully saturated rings. The first-order valence-corrected chi connectivity index (χ1v) is 10.00. The van der Waals surface area contributed by atoms with Crippen molar-refractivity contribution in [2.24, 2.45) is 0 Å². The molecule has 2 aliphatic heterocycles. The standard InChI is InChI=1S/C20H27ClN4O/c1-3-14-12-18(19(4-2)25(14)13-22)23-20(26)16-8-7-15(11-17(16)21)24-9-5-6-10-24/h7-8,11,14,18-19H,3-6,9-10,12H2,1-2H3,(H,23,26)/t14-,18+,19+/m0/s1. The average Bonchev–Trinajstić information content (AvgIpc) is 3.28. The molecule has 0 aromatic heterocycles. The predicted octanol–water partition coefficient (Wildman–Crippen LogP) is 3.78. The number of nitrogens with zero attached hydrogens (tertiary/aromatic N) is 3. The van der Waals surface area contributed by atoms with E-state index in [0.29, 0.717) is 10.6 Å². The fourth-order valence-electron chi connectivity index (χ4n) is 4.29. The van der Waals surface area contributed by atoms with Gasteiger partial charge in [0.1, 0.15) is 0 Å². The van der Waals surface area contributed by atoms with Crippen LogP contribution in [0.15, 0.2) is 18.2 Å². The Hall–Kier alpha value is -1.93. The molecule has 0 saturated carbocycles. The zero-order valence-electron chi connectivity index (χ0n) is 15.5. The monoisotopic (exact) mass is 374 g/mol. The van der Waals surface area contributed by atoms with Gasteiger partial charge in [-0.1, -0.05) is 25.4 Å². The van der Waals surface area contributed by atoms with E-state index in [1.54, 1.807) is 0 Å². The van der Waals surface area contributed by atoms with E-state index in [1.807, 2.05) is 23.1 Å². The van der Waals surface area contributed by atoms with E-state index >= 15 is 0 Å². The van der Waals surface area contributed by atoms with Crippen LogP contribution in [0.3, 0.4) is 0 Å². The molecule has 2 heterocycles. The predicted molar refractivity (Wildman–Crippen MR) is 104 cm³/mol. The molecule has 26 heavy (non-hydrogen) atoms. The molecule has 2 aliphatic rings. The number of likely N-dealkylation sites (tertiary alicyclic amines) is 1. The van der Waals surface area contributed by atoms with Gasteiger partial charge in [-0.3, -0.25) is 4.79 Å². The third-order valence-corrected chi connectivity index (χ3v) is 6.04. The molecule has 140 valence electrons. The zero-order valence-corrected chi connectivity index (χ0v) is 16.3. The number of nitrogens with one attached hydrogen (secondary N) is 1. The van der Waals surface area contributed by atoms with Crippen LogP contribution in [-0.4, -0.2) is 42.0 Å². The van der Waals surface area contributed by atoms with E-state index < -0.39 is 0 Å². The van der Waals surface area contributed by atoms with Gasteiger partial charge in [0.25, 0.3) is 5.91 Å². The van der Waals surface area contributed by atoms with Gasteiger partial charge >= 0.3 is 0 Å². The zero-order chi connectivity index (χ0) is 18.7. The minimum Gasteiger partial charge on any atom is -0.371 e. The van der Waals surface area contributed by atoms with E-state index in [2.05, 4.69) is 30.3 Å². The highest BCUT2D eigenvalue weighted by atomic mass is 35.5. The van der Waals surface area contributed by atoms with Crippen molar-refractivity contribution in [3.8, 4) is 6.19 Å². The van der Waals surface area contributed by atoms with Crippen molar-refractivity contribution in [3.63, 3.8) is 0 Å². The number of hydrogen-bond acceptors (Lipinski definition) is 4. The van der Waals surface area contributed by atoms with Crippen molar-refractivity contribution >= 4 is 23.2 Å². The summed E-state index contributed by atoms with van der Waals surface area (Å²) in [5.74, 6) is -0.152. The molecule has 0 radical (unpaired) electrons. The Bertz CT molecular complexity index is 696. The van der Waals surface area contributed by atoms with Gasteiger partial charge in [0.2, 0.25) is 0 Å². The van der Waals surface area contributed by atoms with Crippen molar-refractivity contribution in [2.75, 3.05) is 18.0 Å². The summed E-state index contributed by atoms with van der Waals surface area (Å²) in [5.41, 5.74) is 1.59. The van der Waals surface area contributed by atoms with E-state index in [1.165, 1.54) is 12.8 Å². The van der Waals surface area contributed by atoms with Gasteiger partial charge in [0.05, 0.1) is 22.7 Å². The highest BCUT2D eigenvalue weighted by Gasteiger charge is 2.39. The maximum Gasteiger partial charge on any atom is 0.253 e. The Labute approximate surface area is 160 Å². The van der Waals surface area contributed by atoms with E-state index in [4.69, 9.17) is 11.6 Å². The molecule has 5 nitrogen and oxygen atoms in total. The van der Waals surface area contributed by atoms with Crippen LogP contribution in [0.2, 0.25) is 5.02 Å². The maximum atomic E-state index is 12.8. The van der Waals surface area contributed by atoms with Crippen LogP contribution in [0.25, 0.3) is 0 Å². The number of halogens is 1. The highest BCUT2D eigenvalue weighted by Crippen LogP contribution is 2.30. The summed E-state index contributed by atoms with van der Waals surface area (Å²) in [7, 11) is 0. The number of anilines is 1. The molecule has 3 atom stereocenters. The van der Waals surface area contributed by atoms with Crippen molar-refractivity contribution in [1.82, 2.24) is 10.2 Å². The molecule has 1 N–H and O–H groups in total. The smallest absolute Gasteiger partial charge is 0.253 e. The van der Waals surface area contributed by atoms with Crippen molar-refractivity contribution in [1.29, 1.82) is 5.26 Å². The summed E-state index contributed by atoms with van der Waals surface area (Å²) in [4.78, 5) is 16.9. The summed E-state index contributed by atoms with van der Waals surface area (Å²) in [6.45, 7) is 6.24. The maximum absolute atomic E-state index is 12.8. The number of carbonyl (C=O) groups is 1. The van der Waals surface area contributed by atoms with Crippen LogP contribution >= 0.6 is 11.6 Å². The van der Waals surface area contributed by atoms with Crippen LogP contribution < -0.4 is 10.2 Å². The third kappa shape index (κ3) is 3.61. The van der Waals surface area contributed by atoms with Gasteiger partial charge in [-0.15, -0.1) is 0 Å². The SMILES string of the molecule is CC[C@H]1C[C@@H](NC(=O)c2ccc(N3CCCC3)cc2Cl)[C@@H](CC)N1C#N. The topological polar surface area (TPSA) is 59.4 Å². The lowest BCUT2D eigenvalue weighted by molar-refractivity contribution is 0.0929. The van der Waals surface area contributed by atoms with Crippen LogP contribution in [0.4, 0.5) is 5.69 Å². The number of nitriles is 1. The molecule has 1 amide bonds. The summed E-state index contributed by atoms with van der Waals surface area (Å²) in [6, 6.07) is 5.92. The number of benzene rings is 1. The van der Waals surface area contributed by atoms with E-state index in [9.17, 15) is 10.1 Å². The fourth-order valence-corrected chi connectivity index (χ4v) is 4.55. The number of hydrogen-bond donors (Lipinski definition) is 1. The molecule has 3 rings (SSSR count). The van der Waals surface area contributed by atoms with Gasteiger partial charge < -0.3 is 15.1 Å². The number of carbonyl (C=O) groups excluding carboxylic acids is 1. The van der Waals surface area contributed by atoms with Crippen molar-refractivity contribution in [3.05, 3.63) is 28.8 Å². The molecule has 2 saturated heterocycles. The highest BCUT2D eigenvalue weighted by molar-refractivity contribution is 6.34. The summed E-state index contributed by atoms with van der Waals surface area (Å²) in [6.07, 6.45) is 7.25. The molecular formula is C20H27ClN4O. The second-order valence-corrected chi connectivity index (χ2v) is 7.63. The second-order valence-electron chi connectivity index (χ2n) is 7.22. The quantitative estimate of drug-likeness (QED) is 0.797. The lowest BCUT2D eigenvalue weighted by atomic mass is 10.0. The Morgan fingerprint density at radius 3 is 2.62 bits per heavy atom. The van der Waals surface area contributed by atoms with Gasteiger partial charge in [-0.25, -0.2) is 0 Å². The Morgan fingerprint density at radius 2 is 2.04 bits per heavy atom. The number of rotatable bonds is 5. The molecule has 0 spiro atoms. The van der Waals surface area contributed by atoms with Crippen LogP contribution in [-0.2, 0) is 0 Å². The van der Waals surface area contributed by atoms with Crippen molar-refractivity contribution in [2.45, 2.75) is 64.1 Å². The van der Waals surface area contributed by atoms with Crippen molar-refractivity contribution < 1.29 is 4.79 Å².